The van der Waals surface area contributed by atoms with Crippen molar-refractivity contribution >= 4 is 11.8 Å². The van der Waals surface area contributed by atoms with Crippen LogP contribution in [0, 0.1) is 0 Å². The van der Waals surface area contributed by atoms with Crippen molar-refractivity contribution in [2.75, 3.05) is 44.3 Å². The number of benzene rings is 1. The summed E-state index contributed by atoms with van der Waals surface area (Å²) in [6, 6.07) is 11.8. The molecule has 1 unspecified atom stereocenters. The maximum atomic E-state index is 12.5. The molecule has 0 radical (unpaired) electrons. The van der Waals surface area contributed by atoms with Gasteiger partial charge in [-0.05, 0) is 5.56 Å². The monoisotopic (exact) mass is 415 g/mol. The largest absolute Gasteiger partial charge is 0.503 e. The van der Waals surface area contributed by atoms with Crippen molar-refractivity contribution in [2.45, 2.75) is 19.2 Å². The summed E-state index contributed by atoms with van der Waals surface area (Å²) < 4.78 is 7.96. The van der Waals surface area contributed by atoms with Crippen molar-refractivity contribution in [3.05, 3.63) is 63.6 Å². The van der Waals surface area contributed by atoms with E-state index in [-0.39, 0.29) is 17.3 Å². The van der Waals surface area contributed by atoms with Crippen LogP contribution in [0.5, 0.6) is 5.75 Å². The van der Waals surface area contributed by atoms with E-state index in [0.29, 0.717) is 18.8 Å². The molecule has 7 heteroatoms. The van der Waals surface area contributed by atoms with Crippen LogP contribution in [-0.2, 0) is 24.9 Å². The zero-order valence-electron chi connectivity index (χ0n) is 16.9. The molecule has 2 fully saturated rings. The molecule has 3 heterocycles. The van der Waals surface area contributed by atoms with Crippen LogP contribution in [-0.4, -0.2) is 63.8 Å². The number of thioether (sulfide) groups is 1. The van der Waals surface area contributed by atoms with E-state index >= 15 is 0 Å². The number of morpholine rings is 1. The second-order valence-corrected chi connectivity index (χ2v) is 8.97. The highest BCUT2D eigenvalue weighted by Crippen LogP contribution is 2.25. The number of hydrogen-bond donors (Lipinski definition) is 1. The summed E-state index contributed by atoms with van der Waals surface area (Å²) in [6.45, 7) is 5.52. The molecule has 2 saturated heterocycles. The normalized spacial score (nSPS) is 21.3. The molecule has 6 nitrogen and oxygen atoms in total. The average molecular weight is 416 g/mol. The Bertz CT molecular complexity index is 881. The Morgan fingerprint density at radius 3 is 2.62 bits per heavy atom. The van der Waals surface area contributed by atoms with Gasteiger partial charge >= 0.3 is 0 Å². The number of ether oxygens (including phenoxy) is 1. The summed E-state index contributed by atoms with van der Waals surface area (Å²) in [4.78, 5) is 17.1. The summed E-state index contributed by atoms with van der Waals surface area (Å²) in [6.07, 6.45) is 0.0122. The molecule has 2 aliphatic heterocycles. The van der Waals surface area contributed by atoms with E-state index in [1.54, 1.807) is 6.07 Å². The molecule has 0 aliphatic carbocycles. The number of pyridine rings is 1. The highest BCUT2D eigenvalue weighted by atomic mass is 32.2. The second kappa shape index (κ2) is 9.34. The van der Waals surface area contributed by atoms with Crippen LogP contribution in [0.15, 0.2) is 41.2 Å². The molecule has 2 aliphatic rings. The number of aromatic nitrogens is 1. The Hall–Kier alpha value is -1.80. The lowest BCUT2D eigenvalue weighted by Gasteiger charge is -2.34. The van der Waals surface area contributed by atoms with Gasteiger partial charge in [-0.3, -0.25) is 14.6 Å². The molecule has 4 rings (SSSR count). The summed E-state index contributed by atoms with van der Waals surface area (Å²) in [5.41, 5.74) is 2.52. The topological polar surface area (TPSA) is 57.9 Å². The van der Waals surface area contributed by atoms with Gasteiger partial charge in [0, 0.05) is 69.6 Å². The maximum Gasteiger partial charge on any atom is 0.223 e. The lowest BCUT2D eigenvalue weighted by molar-refractivity contribution is -0.0338. The highest BCUT2D eigenvalue weighted by molar-refractivity contribution is 7.99. The van der Waals surface area contributed by atoms with E-state index in [2.05, 4.69) is 21.9 Å². The Balaban J connectivity index is 1.52. The first-order valence-corrected chi connectivity index (χ1v) is 11.4. The van der Waals surface area contributed by atoms with Gasteiger partial charge in [0.05, 0.1) is 18.4 Å². The van der Waals surface area contributed by atoms with E-state index in [1.165, 1.54) is 0 Å². The average Bonchev–Trinajstić information content (AvgIpc) is 2.76. The minimum atomic E-state index is -0.285. The van der Waals surface area contributed by atoms with Crippen LogP contribution >= 0.6 is 11.8 Å². The highest BCUT2D eigenvalue weighted by Gasteiger charge is 2.24. The lowest BCUT2D eigenvalue weighted by Crippen LogP contribution is -2.39. The van der Waals surface area contributed by atoms with Crippen LogP contribution in [0.25, 0.3) is 0 Å². The molecule has 1 aromatic heterocycles. The quantitative estimate of drug-likeness (QED) is 0.808. The van der Waals surface area contributed by atoms with Crippen molar-refractivity contribution in [2.24, 2.45) is 7.05 Å². The van der Waals surface area contributed by atoms with Gasteiger partial charge < -0.3 is 14.4 Å². The zero-order chi connectivity index (χ0) is 20.2. The van der Waals surface area contributed by atoms with Gasteiger partial charge in [0.15, 0.2) is 5.75 Å². The van der Waals surface area contributed by atoms with Gasteiger partial charge in [0.1, 0.15) is 0 Å². The van der Waals surface area contributed by atoms with Gasteiger partial charge in [0.25, 0.3) is 0 Å². The number of rotatable bonds is 5. The molecule has 0 saturated carbocycles. The standard InChI is InChI=1S/C22H29N3O3S/c1-23-18(14-24-8-11-29-12-9-24)13-20(26)22(27)19(23)15-25-7-10-28-21(16-25)17-5-3-2-4-6-17/h2-6,13,21,27H,7-12,14-16H2,1H3. The Morgan fingerprint density at radius 1 is 1.10 bits per heavy atom. The third kappa shape index (κ3) is 4.86. The molecule has 1 N–H and O–H groups in total. The van der Waals surface area contributed by atoms with Gasteiger partial charge in [-0.15, -0.1) is 0 Å². The lowest BCUT2D eigenvalue weighted by atomic mass is 10.1. The summed E-state index contributed by atoms with van der Waals surface area (Å²) in [5, 5.41) is 10.5. The van der Waals surface area contributed by atoms with Crippen LogP contribution < -0.4 is 5.43 Å². The second-order valence-electron chi connectivity index (χ2n) is 7.75. The fourth-order valence-corrected chi connectivity index (χ4v) is 5.02. The van der Waals surface area contributed by atoms with E-state index in [9.17, 15) is 9.90 Å². The third-order valence-electron chi connectivity index (χ3n) is 5.82. The SMILES string of the molecule is Cn1c(CN2CCSCC2)cc(=O)c(O)c1CN1CCOC(c2ccccc2)C1. The van der Waals surface area contributed by atoms with Crippen LogP contribution in [0.1, 0.15) is 23.1 Å². The fraction of sp³-hybridized carbons (Fsp3) is 0.500. The summed E-state index contributed by atoms with van der Waals surface area (Å²) >= 11 is 1.98. The molecule has 0 bridgehead atoms. The summed E-state index contributed by atoms with van der Waals surface area (Å²) in [5.74, 6) is 2.13. The van der Waals surface area contributed by atoms with E-state index < -0.39 is 0 Å². The van der Waals surface area contributed by atoms with Crippen molar-refractivity contribution in [1.29, 1.82) is 0 Å². The fourth-order valence-electron chi connectivity index (χ4n) is 4.04. The minimum absolute atomic E-state index is 0.0122. The van der Waals surface area contributed by atoms with Crippen molar-refractivity contribution in [1.82, 2.24) is 14.4 Å². The maximum absolute atomic E-state index is 12.5. The Labute approximate surface area is 176 Å². The summed E-state index contributed by atoms with van der Waals surface area (Å²) in [7, 11) is 1.96. The van der Waals surface area contributed by atoms with Crippen molar-refractivity contribution in [3.63, 3.8) is 0 Å². The van der Waals surface area contributed by atoms with Crippen molar-refractivity contribution < 1.29 is 9.84 Å². The van der Waals surface area contributed by atoms with Gasteiger partial charge in [-0.1, -0.05) is 30.3 Å². The molecule has 1 aromatic carbocycles. The van der Waals surface area contributed by atoms with E-state index in [4.69, 9.17) is 4.74 Å². The predicted molar refractivity (Wildman–Crippen MR) is 116 cm³/mol. The number of aromatic hydroxyl groups is 1. The zero-order valence-corrected chi connectivity index (χ0v) is 17.7. The number of nitrogens with zero attached hydrogens (tertiary/aromatic N) is 3. The van der Waals surface area contributed by atoms with Gasteiger partial charge in [-0.25, -0.2) is 0 Å². The van der Waals surface area contributed by atoms with Crippen LogP contribution in [0.2, 0.25) is 0 Å². The first-order valence-electron chi connectivity index (χ1n) is 10.2. The van der Waals surface area contributed by atoms with Crippen LogP contribution in [0.3, 0.4) is 0 Å². The molecular formula is C22H29N3O3S. The molecule has 1 atom stereocenters. The number of hydrogen-bond acceptors (Lipinski definition) is 6. The third-order valence-corrected chi connectivity index (χ3v) is 6.77. The molecule has 2 aromatic rings. The molecule has 156 valence electrons. The molecule has 29 heavy (non-hydrogen) atoms. The van der Waals surface area contributed by atoms with Crippen LogP contribution in [0.4, 0.5) is 0 Å². The minimum Gasteiger partial charge on any atom is -0.503 e. The first-order chi connectivity index (χ1) is 14.1. The predicted octanol–water partition coefficient (Wildman–Crippen LogP) is 2.21. The van der Waals surface area contributed by atoms with Gasteiger partial charge in [-0.2, -0.15) is 11.8 Å². The molecular weight excluding hydrogens is 386 g/mol. The van der Waals surface area contributed by atoms with Gasteiger partial charge in [0.2, 0.25) is 5.43 Å². The first kappa shape index (κ1) is 20.5. The van der Waals surface area contributed by atoms with E-state index in [0.717, 1.165) is 55.5 Å². The smallest absolute Gasteiger partial charge is 0.223 e. The Kier molecular flexibility index (Phi) is 6.60. The van der Waals surface area contributed by atoms with Crippen molar-refractivity contribution in [3.8, 4) is 5.75 Å². The Morgan fingerprint density at radius 2 is 1.86 bits per heavy atom. The van der Waals surface area contributed by atoms with E-state index in [1.807, 2.05) is 41.6 Å². The molecule has 0 amide bonds. The molecule has 0 spiro atoms.